The fraction of sp³-hybridized carbons (Fsp3) is 0.769. The van der Waals surface area contributed by atoms with Crippen molar-refractivity contribution in [3.05, 3.63) is 35.9 Å². The topological polar surface area (TPSA) is 66.4 Å². The zero-order valence-electron chi connectivity index (χ0n) is 23.2. The molecule has 0 aromatic heterocycles. The van der Waals surface area contributed by atoms with Crippen LogP contribution in [0.1, 0.15) is 47.1 Å². The van der Waals surface area contributed by atoms with Gasteiger partial charge in [-0.3, -0.25) is 0 Å². The molecule has 2 rings (SSSR count). The van der Waals surface area contributed by atoms with E-state index in [2.05, 4.69) is 67.7 Å². The first-order chi connectivity index (χ1) is 15.5. The molecule has 0 aliphatic carbocycles. The maximum absolute atomic E-state index is 10.3. The van der Waals surface area contributed by atoms with E-state index in [1.54, 1.807) is 7.11 Å². The van der Waals surface area contributed by atoms with Crippen molar-refractivity contribution in [1.82, 2.24) is 0 Å². The van der Waals surface area contributed by atoms with Crippen LogP contribution in [0.4, 0.5) is 0 Å². The van der Waals surface area contributed by atoms with Crippen molar-refractivity contribution < 1.29 is 28.2 Å². The van der Waals surface area contributed by atoms with Crippen molar-refractivity contribution in [3.8, 4) is 0 Å². The second-order valence-corrected chi connectivity index (χ2v) is 21.9. The summed E-state index contributed by atoms with van der Waals surface area (Å²) in [4.78, 5) is 0. The first-order valence-electron chi connectivity index (χ1n) is 12.3. The molecule has 1 heterocycles. The lowest BCUT2D eigenvalue weighted by molar-refractivity contribution is -0.296. The van der Waals surface area contributed by atoms with Crippen molar-refractivity contribution in [1.29, 1.82) is 0 Å². The monoisotopic (exact) mass is 512 g/mol. The van der Waals surface area contributed by atoms with E-state index >= 15 is 0 Å². The van der Waals surface area contributed by atoms with Crippen molar-refractivity contribution in [3.63, 3.8) is 0 Å². The molecule has 34 heavy (non-hydrogen) atoms. The van der Waals surface area contributed by atoms with E-state index in [0.29, 0.717) is 6.61 Å². The van der Waals surface area contributed by atoms with Crippen molar-refractivity contribution in [2.45, 2.75) is 115 Å². The third kappa shape index (κ3) is 7.00. The highest BCUT2D eigenvalue weighted by atomic mass is 28.4. The normalized spacial score (nSPS) is 27.1. The molecule has 1 fully saturated rings. The fourth-order valence-electron chi connectivity index (χ4n) is 3.48. The van der Waals surface area contributed by atoms with Gasteiger partial charge >= 0.3 is 0 Å². The second-order valence-electron chi connectivity index (χ2n) is 12.4. The summed E-state index contributed by atoms with van der Waals surface area (Å²) in [5.41, 5.74) is 1.06. The SMILES string of the molecule is CO[C@H]1O[C@H](CO)[C@@H](OCc2ccccc2)[C@H](O[Si](C)(C)C(C)(C)C)[C@H]1O[Si](C)(C)C(C)(C)C. The van der Waals surface area contributed by atoms with Gasteiger partial charge in [0.1, 0.15) is 24.4 Å². The molecule has 1 aromatic rings. The number of aliphatic hydroxyl groups is 1. The first kappa shape index (κ1) is 29.6. The van der Waals surface area contributed by atoms with Crippen LogP contribution in [0.25, 0.3) is 0 Å². The van der Waals surface area contributed by atoms with E-state index in [0.717, 1.165) is 5.56 Å². The maximum Gasteiger partial charge on any atom is 0.192 e. The molecule has 0 bridgehead atoms. The molecule has 0 spiro atoms. The summed E-state index contributed by atoms with van der Waals surface area (Å²) < 4.78 is 32.4. The predicted molar refractivity (Wildman–Crippen MR) is 142 cm³/mol. The molecule has 1 N–H and O–H groups in total. The number of benzene rings is 1. The van der Waals surface area contributed by atoms with Gasteiger partial charge in [0.15, 0.2) is 22.9 Å². The van der Waals surface area contributed by atoms with E-state index in [1.807, 2.05) is 30.3 Å². The molecule has 1 aliphatic rings. The van der Waals surface area contributed by atoms with Crippen molar-refractivity contribution in [2.24, 2.45) is 0 Å². The quantitative estimate of drug-likeness (QED) is 0.427. The van der Waals surface area contributed by atoms with E-state index in [4.69, 9.17) is 23.1 Å². The largest absolute Gasteiger partial charge is 0.408 e. The smallest absolute Gasteiger partial charge is 0.192 e. The molecule has 0 radical (unpaired) electrons. The van der Waals surface area contributed by atoms with Gasteiger partial charge < -0.3 is 28.2 Å². The first-order valence-corrected chi connectivity index (χ1v) is 18.2. The Hall–Kier alpha value is -0.586. The highest BCUT2D eigenvalue weighted by Crippen LogP contribution is 2.43. The molecule has 1 aromatic carbocycles. The van der Waals surface area contributed by atoms with Gasteiger partial charge in [-0.25, -0.2) is 0 Å². The molecule has 1 saturated heterocycles. The molecule has 0 unspecified atom stereocenters. The van der Waals surface area contributed by atoms with Gasteiger partial charge in [-0.1, -0.05) is 71.9 Å². The Morgan fingerprint density at radius 2 is 1.32 bits per heavy atom. The highest BCUT2D eigenvalue weighted by Gasteiger charge is 2.54. The van der Waals surface area contributed by atoms with Gasteiger partial charge in [-0.15, -0.1) is 0 Å². The van der Waals surface area contributed by atoms with Crippen LogP contribution < -0.4 is 0 Å². The van der Waals surface area contributed by atoms with E-state index in [-0.39, 0.29) is 16.7 Å². The Morgan fingerprint density at radius 1 is 0.824 bits per heavy atom. The summed E-state index contributed by atoms with van der Waals surface area (Å²) in [6, 6.07) is 10.0. The van der Waals surface area contributed by atoms with Gasteiger partial charge in [-0.2, -0.15) is 0 Å². The molecule has 0 saturated carbocycles. The lowest BCUT2D eigenvalue weighted by Crippen LogP contribution is -2.66. The lowest BCUT2D eigenvalue weighted by Gasteiger charge is -2.52. The Labute approximate surface area is 209 Å². The number of methoxy groups -OCH3 is 1. The summed E-state index contributed by atoms with van der Waals surface area (Å²) in [6.07, 6.45) is -2.64. The minimum Gasteiger partial charge on any atom is -0.408 e. The molecule has 5 atom stereocenters. The van der Waals surface area contributed by atoms with Crippen LogP contribution in [-0.4, -0.2) is 66.2 Å². The number of rotatable bonds is 9. The molecular weight excluding hydrogens is 464 g/mol. The van der Waals surface area contributed by atoms with E-state index in [9.17, 15) is 5.11 Å². The summed E-state index contributed by atoms with van der Waals surface area (Å²) in [5.74, 6) is 0. The van der Waals surface area contributed by atoms with Crippen molar-refractivity contribution in [2.75, 3.05) is 13.7 Å². The van der Waals surface area contributed by atoms with Gasteiger partial charge in [-0.05, 0) is 41.8 Å². The molecule has 0 amide bonds. The third-order valence-corrected chi connectivity index (χ3v) is 16.7. The van der Waals surface area contributed by atoms with Gasteiger partial charge in [0, 0.05) is 7.11 Å². The van der Waals surface area contributed by atoms with Crippen LogP contribution in [0.2, 0.25) is 36.3 Å². The zero-order valence-corrected chi connectivity index (χ0v) is 25.2. The Balaban J connectivity index is 2.49. The average Bonchev–Trinajstić information content (AvgIpc) is 2.72. The molecule has 6 nitrogen and oxygen atoms in total. The molecule has 8 heteroatoms. The number of aliphatic hydroxyl groups excluding tert-OH is 1. The summed E-state index contributed by atoms with van der Waals surface area (Å²) in [7, 11) is -2.81. The molecule has 196 valence electrons. The Morgan fingerprint density at radius 3 is 1.76 bits per heavy atom. The maximum atomic E-state index is 10.3. The summed E-state index contributed by atoms with van der Waals surface area (Å²) in [6.45, 7) is 22.4. The standard InChI is InChI=1S/C26H48O6Si2/c1-25(2,3)33(8,9)31-22-21(29-18-19-15-13-12-14-16-19)20(17-27)30-24(28-7)23(22)32-34(10,11)26(4,5)6/h12-16,20-24,27H,17-18H2,1-11H3/t20-,21-,22+,23-,24+/m1/s1. The van der Waals surface area contributed by atoms with Crippen LogP contribution >= 0.6 is 0 Å². The fourth-order valence-corrected chi connectivity index (χ4v) is 6.06. The average molecular weight is 513 g/mol. The minimum absolute atomic E-state index is 0.00103. The van der Waals surface area contributed by atoms with Gasteiger partial charge in [0.2, 0.25) is 0 Å². The lowest BCUT2D eigenvalue weighted by atomic mass is 9.99. The van der Waals surface area contributed by atoms with E-state index < -0.39 is 47.3 Å². The Bertz CT molecular complexity index is 757. The third-order valence-electron chi connectivity index (χ3n) is 7.76. The van der Waals surface area contributed by atoms with Crippen molar-refractivity contribution >= 4 is 16.6 Å². The van der Waals surface area contributed by atoms with Gasteiger partial charge in [0.25, 0.3) is 0 Å². The number of hydrogen-bond donors (Lipinski definition) is 1. The Kier molecular flexibility index (Phi) is 9.77. The summed E-state index contributed by atoms with van der Waals surface area (Å²) in [5, 5.41) is 10.3. The van der Waals surface area contributed by atoms with Gasteiger partial charge in [0.05, 0.1) is 13.2 Å². The molecular formula is C26H48O6Si2. The van der Waals surface area contributed by atoms with Crippen LogP contribution in [0.5, 0.6) is 0 Å². The summed E-state index contributed by atoms with van der Waals surface area (Å²) >= 11 is 0. The minimum atomic E-state index is -2.23. The number of hydrogen-bond acceptors (Lipinski definition) is 6. The van der Waals surface area contributed by atoms with Crippen LogP contribution in [-0.2, 0) is 29.7 Å². The van der Waals surface area contributed by atoms with Crippen LogP contribution in [0, 0.1) is 0 Å². The highest BCUT2D eigenvalue weighted by molar-refractivity contribution is 6.74. The van der Waals surface area contributed by atoms with Crippen LogP contribution in [0.15, 0.2) is 30.3 Å². The van der Waals surface area contributed by atoms with E-state index in [1.165, 1.54) is 0 Å². The van der Waals surface area contributed by atoms with Crippen LogP contribution in [0.3, 0.4) is 0 Å². The zero-order chi connectivity index (χ0) is 25.9. The predicted octanol–water partition coefficient (Wildman–Crippen LogP) is 5.72. The second kappa shape index (κ2) is 11.2. The number of ether oxygens (including phenoxy) is 3. The molecule has 1 aliphatic heterocycles.